The minimum atomic E-state index is -0.725. The molecule has 4 nitrogen and oxygen atoms in total. The fourth-order valence-electron chi connectivity index (χ4n) is 2.00. The molecule has 0 atom stereocenters. The second-order valence-electron chi connectivity index (χ2n) is 6.67. The number of alkyl carbamates (subject to hydrolysis) is 1. The molecule has 2 rings (SSSR count). The van der Waals surface area contributed by atoms with Crippen molar-refractivity contribution in [3.63, 3.8) is 0 Å². The van der Waals surface area contributed by atoms with E-state index >= 15 is 0 Å². The van der Waals surface area contributed by atoms with Crippen molar-refractivity contribution in [1.82, 2.24) is 5.32 Å². The second kappa shape index (κ2) is 5.78. The van der Waals surface area contributed by atoms with Gasteiger partial charge >= 0.3 is 6.09 Å². The monoisotopic (exact) mass is 387 g/mol. The van der Waals surface area contributed by atoms with Crippen LogP contribution >= 0.6 is 27.5 Å². The van der Waals surface area contributed by atoms with Crippen LogP contribution in [-0.2, 0) is 10.3 Å². The van der Waals surface area contributed by atoms with E-state index < -0.39 is 17.2 Å². The van der Waals surface area contributed by atoms with Crippen molar-refractivity contribution in [3.8, 4) is 0 Å². The predicted octanol–water partition coefficient (Wildman–Crippen LogP) is 5.61. The fourth-order valence-corrected chi connectivity index (χ4v) is 2.88. The van der Waals surface area contributed by atoms with E-state index in [4.69, 9.17) is 20.8 Å². The van der Waals surface area contributed by atoms with Gasteiger partial charge in [0, 0.05) is 9.86 Å². The molecule has 0 bridgehead atoms. The minimum absolute atomic E-state index is 0.495. The first-order chi connectivity index (χ1) is 9.98. The smallest absolute Gasteiger partial charge is 0.408 e. The van der Waals surface area contributed by atoms with Crippen molar-refractivity contribution in [1.29, 1.82) is 0 Å². The van der Waals surface area contributed by atoms with Gasteiger partial charge in [0.2, 0.25) is 0 Å². The molecule has 0 saturated heterocycles. The number of ether oxygens (including phenoxy) is 1. The molecule has 0 aliphatic rings. The Hall–Kier alpha value is -1.20. The van der Waals surface area contributed by atoms with E-state index in [-0.39, 0.29) is 0 Å². The Bertz CT molecular complexity index is 716. The number of halogens is 2. The molecule has 0 fully saturated rings. The molecule has 22 heavy (non-hydrogen) atoms. The summed E-state index contributed by atoms with van der Waals surface area (Å²) in [5.41, 5.74) is -0.682. The summed E-state index contributed by atoms with van der Waals surface area (Å²) >= 11 is 9.58. The molecule has 0 saturated carbocycles. The molecule has 1 aromatic carbocycles. The van der Waals surface area contributed by atoms with Crippen molar-refractivity contribution in [2.75, 3.05) is 0 Å². The summed E-state index contributed by atoms with van der Waals surface area (Å²) in [6.07, 6.45) is -0.495. The van der Waals surface area contributed by atoms with Crippen molar-refractivity contribution >= 4 is 44.6 Å². The van der Waals surface area contributed by atoms with E-state index in [0.29, 0.717) is 16.4 Å². The Balaban J connectivity index is 2.29. The summed E-state index contributed by atoms with van der Waals surface area (Å²) < 4.78 is 12.0. The third kappa shape index (κ3) is 3.96. The summed E-state index contributed by atoms with van der Waals surface area (Å²) in [6, 6.07) is 5.55. The van der Waals surface area contributed by atoms with Gasteiger partial charge in [-0.25, -0.2) is 4.79 Å². The SMILES string of the molecule is CC(C)(C)OC(=O)NC(C)(C)c1cc2cc(Br)cc(Cl)c2o1. The van der Waals surface area contributed by atoms with Crippen molar-refractivity contribution in [2.24, 2.45) is 0 Å². The molecular formula is C16H19BrClNO3. The maximum absolute atomic E-state index is 12.0. The average molecular weight is 389 g/mol. The van der Waals surface area contributed by atoms with Crippen LogP contribution in [0.15, 0.2) is 27.1 Å². The summed E-state index contributed by atoms with van der Waals surface area (Å²) in [7, 11) is 0. The van der Waals surface area contributed by atoms with Crippen molar-refractivity contribution < 1.29 is 13.9 Å². The highest BCUT2D eigenvalue weighted by Gasteiger charge is 2.29. The number of carbonyl (C=O) groups is 1. The molecule has 1 heterocycles. The average Bonchev–Trinajstić information content (AvgIpc) is 2.69. The lowest BCUT2D eigenvalue weighted by molar-refractivity contribution is 0.0459. The number of hydrogen-bond donors (Lipinski definition) is 1. The molecule has 1 N–H and O–H groups in total. The lowest BCUT2D eigenvalue weighted by Gasteiger charge is -2.27. The number of carbonyl (C=O) groups excluding carboxylic acids is 1. The van der Waals surface area contributed by atoms with Crippen LogP contribution in [0.25, 0.3) is 11.0 Å². The normalized spacial score (nSPS) is 12.5. The van der Waals surface area contributed by atoms with Crippen LogP contribution in [0.1, 0.15) is 40.4 Å². The van der Waals surface area contributed by atoms with Gasteiger partial charge in [0.05, 0.1) is 10.6 Å². The molecule has 0 aliphatic heterocycles. The van der Waals surface area contributed by atoms with Crippen LogP contribution in [0.3, 0.4) is 0 Å². The van der Waals surface area contributed by atoms with Crippen LogP contribution in [0, 0.1) is 0 Å². The van der Waals surface area contributed by atoms with Crippen LogP contribution < -0.4 is 5.32 Å². The lowest BCUT2D eigenvalue weighted by atomic mass is 10.0. The topological polar surface area (TPSA) is 51.5 Å². The number of benzene rings is 1. The van der Waals surface area contributed by atoms with Crippen molar-refractivity contribution in [2.45, 2.75) is 45.8 Å². The summed E-state index contributed by atoms with van der Waals surface area (Å²) in [6.45, 7) is 9.14. The van der Waals surface area contributed by atoms with Gasteiger partial charge in [-0.1, -0.05) is 27.5 Å². The summed E-state index contributed by atoms with van der Waals surface area (Å²) in [5.74, 6) is 0.605. The third-order valence-electron chi connectivity index (χ3n) is 2.97. The van der Waals surface area contributed by atoms with Gasteiger partial charge in [-0.2, -0.15) is 0 Å². The van der Waals surface area contributed by atoms with Gasteiger partial charge in [-0.05, 0) is 52.8 Å². The highest BCUT2D eigenvalue weighted by molar-refractivity contribution is 9.10. The van der Waals surface area contributed by atoms with Crippen LogP contribution in [-0.4, -0.2) is 11.7 Å². The zero-order chi connectivity index (χ0) is 16.7. The molecule has 120 valence electrons. The number of amides is 1. The Kier molecular flexibility index (Phi) is 4.51. The van der Waals surface area contributed by atoms with E-state index in [0.717, 1.165) is 9.86 Å². The molecule has 2 aromatic rings. The zero-order valence-corrected chi connectivity index (χ0v) is 15.6. The Morgan fingerprint density at radius 1 is 1.23 bits per heavy atom. The van der Waals surface area contributed by atoms with E-state index in [1.807, 2.05) is 46.8 Å². The molecule has 0 aliphatic carbocycles. The standard InChI is InChI=1S/C16H19BrClNO3/c1-15(2,3)22-14(20)19-16(4,5)12-7-9-6-10(17)8-11(18)13(9)21-12/h6-8H,1-5H3,(H,19,20). The number of nitrogens with one attached hydrogen (secondary N) is 1. The molecule has 1 aromatic heterocycles. The number of hydrogen-bond acceptors (Lipinski definition) is 3. The Morgan fingerprint density at radius 2 is 1.86 bits per heavy atom. The quantitative estimate of drug-likeness (QED) is 0.727. The first-order valence-electron chi connectivity index (χ1n) is 6.88. The summed E-state index contributed by atoms with van der Waals surface area (Å²) in [4.78, 5) is 12.0. The van der Waals surface area contributed by atoms with Gasteiger partial charge in [0.1, 0.15) is 11.4 Å². The molecule has 0 spiro atoms. The maximum Gasteiger partial charge on any atom is 0.408 e. The number of rotatable bonds is 2. The first kappa shape index (κ1) is 17.2. The van der Waals surface area contributed by atoms with Crippen LogP contribution in [0.4, 0.5) is 4.79 Å². The van der Waals surface area contributed by atoms with Crippen molar-refractivity contribution in [3.05, 3.63) is 33.5 Å². The van der Waals surface area contributed by atoms with E-state index in [9.17, 15) is 4.79 Å². The van der Waals surface area contributed by atoms with Gasteiger partial charge in [-0.3, -0.25) is 0 Å². The van der Waals surface area contributed by atoms with Crippen LogP contribution in [0.5, 0.6) is 0 Å². The van der Waals surface area contributed by atoms with Crippen LogP contribution in [0.2, 0.25) is 5.02 Å². The zero-order valence-electron chi connectivity index (χ0n) is 13.2. The Labute approximate surface area is 143 Å². The van der Waals surface area contributed by atoms with E-state index in [1.54, 1.807) is 6.07 Å². The third-order valence-corrected chi connectivity index (χ3v) is 3.70. The van der Waals surface area contributed by atoms with Gasteiger partial charge < -0.3 is 14.5 Å². The highest BCUT2D eigenvalue weighted by atomic mass is 79.9. The molecular weight excluding hydrogens is 370 g/mol. The Morgan fingerprint density at radius 3 is 2.45 bits per heavy atom. The van der Waals surface area contributed by atoms with Gasteiger partial charge in [0.15, 0.2) is 5.58 Å². The minimum Gasteiger partial charge on any atom is -0.457 e. The molecule has 0 unspecified atom stereocenters. The first-order valence-corrected chi connectivity index (χ1v) is 8.05. The maximum atomic E-state index is 12.0. The molecule has 6 heteroatoms. The largest absolute Gasteiger partial charge is 0.457 e. The number of furan rings is 1. The second-order valence-corrected chi connectivity index (χ2v) is 7.99. The predicted molar refractivity (Wildman–Crippen MR) is 91.3 cm³/mol. The molecule has 1 amide bonds. The van der Waals surface area contributed by atoms with E-state index in [2.05, 4.69) is 21.2 Å². The molecule has 0 radical (unpaired) electrons. The lowest BCUT2D eigenvalue weighted by Crippen LogP contribution is -2.43. The summed E-state index contributed by atoms with van der Waals surface area (Å²) in [5, 5.41) is 4.20. The van der Waals surface area contributed by atoms with Gasteiger partial charge in [0.25, 0.3) is 0 Å². The highest BCUT2D eigenvalue weighted by Crippen LogP contribution is 2.34. The fraction of sp³-hybridized carbons (Fsp3) is 0.438. The van der Waals surface area contributed by atoms with Gasteiger partial charge in [-0.15, -0.1) is 0 Å². The number of fused-ring (bicyclic) bond motifs is 1. The van der Waals surface area contributed by atoms with E-state index in [1.165, 1.54) is 0 Å².